The van der Waals surface area contributed by atoms with Crippen LogP contribution in [-0.2, 0) is 9.59 Å². The van der Waals surface area contributed by atoms with Crippen molar-refractivity contribution in [2.24, 2.45) is 11.5 Å². The lowest BCUT2D eigenvalue weighted by Gasteiger charge is -2.20. The van der Waals surface area contributed by atoms with Crippen LogP contribution in [0.1, 0.15) is 51.9 Å². The fourth-order valence-electron chi connectivity index (χ4n) is 2.07. The number of carbonyl (C=O) groups excluding carboxylic acids is 2. The Labute approximate surface area is 123 Å². The molecule has 0 aliphatic carbocycles. The van der Waals surface area contributed by atoms with Crippen molar-refractivity contribution in [1.29, 1.82) is 0 Å². The van der Waals surface area contributed by atoms with Crippen LogP contribution in [0.4, 0.5) is 0 Å². The maximum Gasteiger partial charge on any atom is 0.134 e. The highest BCUT2D eigenvalue weighted by atomic mass is 16.1. The van der Waals surface area contributed by atoms with Crippen LogP contribution in [0.15, 0.2) is 0 Å². The standard InChI is InChI=1S/C15H31N3O2/c1-2-11-18(12-7-14(19)5-3-9-16)13-8-15(20)6-4-10-17/h2-13,16-17H2,1H3. The van der Waals surface area contributed by atoms with Crippen molar-refractivity contribution in [3.63, 3.8) is 0 Å². The fourth-order valence-corrected chi connectivity index (χ4v) is 2.07. The highest BCUT2D eigenvalue weighted by molar-refractivity contribution is 5.79. The van der Waals surface area contributed by atoms with Crippen LogP contribution in [0.25, 0.3) is 0 Å². The van der Waals surface area contributed by atoms with E-state index >= 15 is 0 Å². The van der Waals surface area contributed by atoms with E-state index in [0.29, 0.717) is 38.8 Å². The summed E-state index contributed by atoms with van der Waals surface area (Å²) in [5, 5.41) is 0. The van der Waals surface area contributed by atoms with Crippen LogP contribution < -0.4 is 11.5 Å². The Kier molecular flexibility index (Phi) is 12.7. The van der Waals surface area contributed by atoms with Gasteiger partial charge in [-0.1, -0.05) is 6.92 Å². The molecule has 20 heavy (non-hydrogen) atoms. The van der Waals surface area contributed by atoms with Crippen LogP contribution in [0.3, 0.4) is 0 Å². The van der Waals surface area contributed by atoms with E-state index in [9.17, 15) is 9.59 Å². The number of hydrogen-bond acceptors (Lipinski definition) is 5. The quantitative estimate of drug-likeness (QED) is 0.499. The van der Waals surface area contributed by atoms with E-state index in [-0.39, 0.29) is 11.6 Å². The Bertz CT molecular complexity index is 246. The Hall–Kier alpha value is -0.780. The van der Waals surface area contributed by atoms with E-state index in [1.807, 2.05) is 0 Å². The molecule has 0 spiro atoms. The van der Waals surface area contributed by atoms with Crippen LogP contribution in [0.2, 0.25) is 0 Å². The van der Waals surface area contributed by atoms with E-state index in [1.54, 1.807) is 0 Å². The molecule has 118 valence electrons. The lowest BCUT2D eigenvalue weighted by atomic mass is 10.1. The van der Waals surface area contributed by atoms with Gasteiger partial charge in [-0.3, -0.25) is 9.59 Å². The molecule has 0 aromatic carbocycles. The molecule has 0 aliphatic rings. The topological polar surface area (TPSA) is 89.4 Å². The first kappa shape index (κ1) is 19.2. The third-order valence-corrected chi connectivity index (χ3v) is 3.27. The minimum absolute atomic E-state index is 0.269. The van der Waals surface area contributed by atoms with E-state index in [1.165, 1.54) is 0 Å². The molecule has 5 heteroatoms. The minimum atomic E-state index is 0.269. The summed E-state index contributed by atoms with van der Waals surface area (Å²) < 4.78 is 0. The zero-order valence-corrected chi connectivity index (χ0v) is 12.9. The number of ketones is 2. The van der Waals surface area contributed by atoms with Crippen molar-refractivity contribution < 1.29 is 9.59 Å². The molecule has 0 bridgehead atoms. The van der Waals surface area contributed by atoms with E-state index in [2.05, 4.69) is 11.8 Å². The lowest BCUT2D eigenvalue weighted by Crippen LogP contribution is -2.29. The van der Waals surface area contributed by atoms with Crippen molar-refractivity contribution in [2.75, 3.05) is 32.7 Å². The number of nitrogens with two attached hydrogens (primary N) is 2. The summed E-state index contributed by atoms with van der Waals surface area (Å²) in [5.74, 6) is 0.539. The molecule has 0 heterocycles. The smallest absolute Gasteiger partial charge is 0.134 e. The van der Waals surface area contributed by atoms with Gasteiger partial charge in [-0.25, -0.2) is 0 Å². The van der Waals surface area contributed by atoms with Crippen LogP contribution in [0, 0.1) is 0 Å². The molecule has 0 atom stereocenters. The third kappa shape index (κ3) is 11.1. The molecular formula is C15H31N3O2. The van der Waals surface area contributed by atoms with Gasteiger partial charge in [-0.15, -0.1) is 0 Å². The van der Waals surface area contributed by atoms with Gasteiger partial charge in [0, 0.05) is 38.8 Å². The van der Waals surface area contributed by atoms with Gasteiger partial charge in [0.05, 0.1) is 0 Å². The monoisotopic (exact) mass is 285 g/mol. The van der Waals surface area contributed by atoms with Crippen molar-refractivity contribution in [2.45, 2.75) is 51.9 Å². The van der Waals surface area contributed by atoms with Gasteiger partial charge < -0.3 is 16.4 Å². The SMILES string of the molecule is CCCN(CCC(=O)CCCN)CCC(=O)CCCN. The van der Waals surface area contributed by atoms with Gasteiger partial charge in [0.15, 0.2) is 0 Å². The zero-order chi connectivity index (χ0) is 15.2. The lowest BCUT2D eigenvalue weighted by molar-refractivity contribution is -0.119. The normalized spacial score (nSPS) is 11.0. The number of hydrogen-bond donors (Lipinski definition) is 2. The molecule has 5 nitrogen and oxygen atoms in total. The van der Waals surface area contributed by atoms with Crippen molar-refractivity contribution >= 4 is 11.6 Å². The highest BCUT2D eigenvalue weighted by Gasteiger charge is 2.10. The molecule has 0 aromatic rings. The predicted octanol–water partition coefficient (Wildman–Crippen LogP) is 1.09. The maximum absolute atomic E-state index is 11.6. The van der Waals surface area contributed by atoms with Gasteiger partial charge in [-0.05, 0) is 38.9 Å². The number of carbonyl (C=O) groups is 2. The van der Waals surface area contributed by atoms with Crippen LogP contribution in [0.5, 0.6) is 0 Å². The molecule has 0 saturated carbocycles. The van der Waals surface area contributed by atoms with Gasteiger partial charge in [-0.2, -0.15) is 0 Å². The molecular weight excluding hydrogens is 254 g/mol. The Morgan fingerprint density at radius 3 is 1.60 bits per heavy atom. The van der Waals surface area contributed by atoms with E-state index < -0.39 is 0 Å². The number of nitrogens with zero attached hydrogens (tertiary/aromatic N) is 1. The molecule has 0 fully saturated rings. The molecule has 0 radical (unpaired) electrons. The first-order chi connectivity index (χ1) is 9.63. The first-order valence-electron chi connectivity index (χ1n) is 7.79. The second kappa shape index (κ2) is 13.2. The third-order valence-electron chi connectivity index (χ3n) is 3.27. The van der Waals surface area contributed by atoms with Crippen molar-refractivity contribution in [3.8, 4) is 0 Å². The van der Waals surface area contributed by atoms with Crippen LogP contribution >= 0.6 is 0 Å². The zero-order valence-electron chi connectivity index (χ0n) is 12.9. The second-order valence-electron chi connectivity index (χ2n) is 5.20. The van der Waals surface area contributed by atoms with Gasteiger partial charge in [0.1, 0.15) is 11.6 Å². The van der Waals surface area contributed by atoms with Crippen molar-refractivity contribution in [3.05, 3.63) is 0 Å². The summed E-state index contributed by atoms with van der Waals surface area (Å²) in [5.41, 5.74) is 10.8. The number of Topliss-reactive ketones (excluding diaryl/α,β-unsaturated/α-hetero) is 2. The molecule has 4 N–H and O–H groups in total. The van der Waals surface area contributed by atoms with Crippen molar-refractivity contribution in [1.82, 2.24) is 4.90 Å². The number of rotatable bonds is 14. The summed E-state index contributed by atoms with van der Waals surface area (Å²) >= 11 is 0. The largest absolute Gasteiger partial charge is 0.330 e. The Morgan fingerprint density at radius 1 is 0.800 bits per heavy atom. The molecule has 0 amide bonds. The summed E-state index contributed by atoms with van der Waals surface area (Å²) in [6, 6.07) is 0. The molecule has 0 aliphatic heterocycles. The highest BCUT2D eigenvalue weighted by Crippen LogP contribution is 2.02. The molecule has 0 rings (SSSR count). The predicted molar refractivity (Wildman–Crippen MR) is 82.6 cm³/mol. The summed E-state index contributed by atoms with van der Waals surface area (Å²) in [6.07, 6.45) is 4.86. The first-order valence-corrected chi connectivity index (χ1v) is 7.79. The Balaban J connectivity index is 3.91. The summed E-state index contributed by atoms with van der Waals surface area (Å²) in [7, 11) is 0. The average Bonchev–Trinajstić information content (AvgIpc) is 2.45. The summed E-state index contributed by atoms with van der Waals surface area (Å²) in [6.45, 7) is 5.69. The molecule has 0 aromatic heterocycles. The Morgan fingerprint density at radius 2 is 1.25 bits per heavy atom. The van der Waals surface area contributed by atoms with E-state index in [0.717, 1.165) is 38.9 Å². The van der Waals surface area contributed by atoms with Gasteiger partial charge >= 0.3 is 0 Å². The molecule has 0 unspecified atom stereocenters. The fraction of sp³-hybridized carbons (Fsp3) is 0.867. The minimum Gasteiger partial charge on any atom is -0.330 e. The van der Waals surface area contributed by atoms with Gasteiger partial charge in [0.25, 0.3) is 0 Å². The van der Waals surface area contributed by atoms with Crippen LogP contribution in [-0.4, -0.2) is 49.2 Å². The second-order valence-corrected chi connectivity index (χ2v) is 5.20. The van der Waals surface area contributed by atoms with E-state index in [4.69, 9.17) is 11.5 Å². The molecule has 0 saturated heterocycles. The van der Waals surface area contributed by atoms with Gasteiger partial charge in [0.2, 0.25) is 0 Å². The summed E-state index contributed by atoms with van der Waals surface area (Å²) in [4.78, 5) is 25.5. The average molecular weight is 285 g/mol. The maximum atomic E-state index is 11.6.